The third kappa shape index (κ3) is 2.83. The van der Waals surface area contributed by atoms with Crippen LogP contribution in [-0.4, -0.2) is 0 Å². The number of fused-ring (bicyclic) bond motifs is 5. The molecular weight excluding hydrogens is 402 g/mol. The fraction of sp³-hybridized carbons (Fsp3) is 0.258. The van der Waals surface area contributed by atoms with E-state index in [1.54, 1.807) is 0 Å². The van der Waals surface area contributed by atoms with Crippen LogP contribution in [0.3, 0.4) is 0 Å². The smallest absolute Gasteiger partial charge is 0.228 e. The molecule has 0 radical (unpaired) electrons. The molecule has 1 saturated carbocycles. The molecule has 162 valence electrons. The Hall–Kier alpha value is -3.39. The lowest BCUT2D eigenvalue weighted by molar-refractivity contribution is -0.659. The van der Waals surface area contributed by atoms with E-state index in [0.29, 0.717) is 0 Å². The van der Waals surface area contributed by atoms with Crippen LogP contribution in [0.5, 0.6) is 11.5 Å². The van der Waals surface area contributed by atoms with Crippen LogP contribution in [0.15, 0.2) is 66.9 Å². The van der Waals surface area contributed by atoms with Crippen LogP contribution in [0.2, 0.25) is 0 Å². The predicted molar refractivity (Wildman–Crippen MR) is 136 cm³/mol. The van der Waals surface area contributed by atoms with Crippen molar-refractivity contribution in [2.45, 2.75) is 39.0 Å². The Morgan fingerprint density at radius 3 is 2.52 bits per heavy atom. The second-order valence-electron chi connectivity index (χ2n) is 10.0. The Morgan fingerprint density at radius 1 is 0.848 bits per heavy atom. The fourth-order valence-electron chi connectivity index (χ4n) is 6.42. The number of rotatable bonds is 2. The molecule has 4 aromatic carbocycles. The number of benzene rings is 4. The summed E-state index contributed by atoms with van der Waals surface area (Å²) in [7, 11) is 2.16. The molecule has 2 heteroatoms. The maximum Gasteiger partial charge on any atom is 0.228 e. The number of ether oxygens (including phenoxy) is 1. The molecule has 0 bridgehead atoms. The highest BCUT2D eigenvalue weighted by Crippen LogP contribution is 2.49. The minimum absolute atomic E-state index is 0.823. The number of pyridine rings is 1. The van der Waals surface area contributed by atoms with Crippen LogP contribution in [0.1, 0.15) is 36.8 Å². The van der Waals surface area contributed by atoms with Gasteiger partial charge in [-0.25, -0.2) is 4.57 Å². The highest BCUT2D eigenvalue weighted by atomic mass is 16.5. The summed E-state index contributed by atoms with van der Waals surface area (Å²) in [4.78, 5) is 0. The summed E-state index contributed by atoms with van der Waals surface area (Å²) in [6, 6.07) is 22.4. The first kappa shape index (κ1) is 19.1. The van der Waals surface area contributed by atoms with Crippen molar-refractivity contribution in [1.82, 2.24) is 0 Å². The summed E-state index contributed by atoms with van der Waals surface area (Å²) in [5.41, 5.74) is 5.20. The van der Waals surface area contributed by atoms with Crippen LogP contribution in [-0.2, 0) is 13.5 Å². The SMILES string of the molecule is Cc1c2c(cc3ccc4ccccc4c13)Oc1cc(CC3CCCC3)cc3cc[n+](C)c-2c13. The van der Waals surface area contributed by atoms with Gasteiger partial charge < -0.3 is 4.74 Å². The highest BCUT2D eigenvalue weighted by Gasteiger charge is 2.31. The van der Waals surface area contributed by atoms with Gasteiger partial charge in [-0.1, -0.05) is 68.1 Å². The van der Waals surface area contributed by atoms with Gasteiger partial charge in [0.25, 0.3) is 0 Å². The second kappa shape index (κ2) is 7.05. The fourth-order valence-corrected chi connectivity index (χ4v) is 6.42. The zero-order valence-electron chi connectivity index (χ0n) is 19.3. The van der Waals surface area contributed by atoms with Gasteiger partial charge in [0.2, 0.25) is 5.69 Å². The predicted octanol–water partition coefficient (Wildman–Crippen LogP) is 7.78. The molecule has 0 unspecified atom stereocenters. The Bertz CT molecular complexity index is 1590. The van der Waals surface area contributed by atoms with Gasteiger partial charge in [0.15, 0.2) is 6.20 Å². The van der Waals surface area contributed by atoms with E-state index in [1.165, 1.54) is 80.4 Å². The van der Waals surface area contributed by atoms with E-state index in [0.717, 1.165) is 23.8 Å². The van der Waals surface area contributed by atoms with E-state index in [9.17, 15) is 0 Å². The number of nitrogens with zero attached hydrogens (tertiary/aromatic N) is 1. The molecule has 1 aromatic heterocycles. The maximum atomic E-state index is 6.70. The second-order valence-corrected chi connectivity index (χ2v) is 10.0. The minimum Gasteiger partial charge on any atom is -0.456 e. The van der Waals surface area contributed by atoms with Crippen molar-refractivity contribution in [3.63, 3.8) is 0 Å². The molecule has 1 aliphatic heterocycles. The van der Waals surface area contributed by atoms with E-state index in [-0.39, 0.29) is 0 Å². The summed E-state index contributed by atoms with van der Waals surface area (Å²) < 4.78 is 8.97. The molecule has 7 rings (SSSR count). The topological polar surface area (TPSA) is 13.1 Å². The first-order valence-corrected chi connectivity index (χ1v) is 12.3. The van der Waals surface area contributed by atoms with Gasteiger partial charge in [-0.2, -0.15) is 0 Å². The van der Waals surface area contributed by atoms with Gasteiger partial charge in [-0.3, -0.25) is 0 Å². The third-order valence-corrected chi connectivity index (χ3v) is 7.96. The van der Waals surface area contributed by atoms with Crippen molar-refractivity contribution in [3.8, 4) is 22.8 Å². The maximum absolute atomic E-state index is 6.70. The Balaban J connectivity index is 1.51. The largest absolute Gasteiger partial charge is 0.456 e. The van der Waals surface area contributed by atoms with Crippen molar-refractivity contribution < 1.29 is 9.30 Å². The van der Waals surface area contributed by atoms with Crippen LogP contribution in [0.25, 0.3) is 43.6 Å². The molecule has 0 saturated heterocycles. The first-order valence-electron chi connectivity index (χ1n) is 12.3. The van der Waals surface area contributed by atoms with Crippen LogP contribution in [0, 0.1) is 12.8 Å². The lowest BCUT2D eigenvalue weighted by Crippen LogP contribution is -2.31. The number of hydrogen-bond donors (Lipinski definition) is 0. The normalized spacial score (nSPS) is 15.3. The van der Waals surface area contributed by atoms with Crippen molar-refractivity contribution >= 4 is 32.3 Å². The van der Waals surface area contributed by atoms with E-state index in [4.69, 9.17) is 4.74 Å². The lowest BCUT2D eigenvalue weighted by atomic mass is 9.88. The molecule has 0 N–H and O–H groups in total. The zero-order valence-corrected chi connectivity index (χ0v) is 19.3. The van der Waals surface area contributed by atoms with Gasteiger partial charge in [0.1, 0.15) is 18.5 Å². The average molecular weight is 431 g/mol. The van der Waals surface area contributed by atoms with Gasteiger partial charge in [-0.05, 0) is 69.5 Å². The van der Waals surface area contributed by atoms with Gasteiger partial charge >= 0.3 is 0 Å². The lowest BCUT2D eigenvalue weighted by Gasteiger charge is -2.23. The Labute approximate surface area is 194 Å². The molecule has 2 aliphatic rings. The first-order chi connectivity index (χ1) is 16.2. The average Bonchev–Trinajstić information content (AvgIpc) is 3.33. The Morgan fingerprint density at radius 2 is 1.64 bits per heavy atom. The van der Waals surface area contributed by atoms with Crippen molar-refractivity contribution in [2.24, 2.45) is 13.0 Å². The van der Waals surface area contributed by atoms with E-state index < -0.39 is 0 Å². The van der Waals surface area contributed by atoms with Crippen molar-refractivity contribution in [3.05, 3.63) is 78.0 Å². The molecule has 0 atom stereocenters. The molecule has 2 nitrogen and oxygen atoms in total. The number of aromatic nitrogens is 1. The molecule has 33 heavy (non-hydrogen) atoms. The monoisotopic (exact) mass is 430 g/mol. The zero-order chi connectivity index (χ0) is 22.1. The highest BCUT2D eigenvalue weighted by molar-refractivity contribution is 6.13. The third-order valence-electron chi connectivity index (χ3n) is 7.96. The van der Waals surface area contributed by atoms with Crippen molar-refractivity contribution in [1.29, 1.82) is 0 Å². The summed E-state index contributed by atoms with van der Waals surface area (Å²) >= 11 is 0. The van der Waals surface area contributed by atoms with E-state index >= 15 is 0 Å². The molecule has 0 amide bonds. The molecule has 5 aromatic rings. The molecule has 0 spiro atoms. The summed E-state index contributed by atoms with van der Waals surface area (Å²) in [5, 5.41) is 7.69. The van der Waals surface area contributed by atoms with Gasteiger partial charge in [0.05, 0.1) is 10.9 Å². The van der Waals surface area contributed by atoms with E-state index in [2.05, 4.69) is 85.4 Å². The van der Waals surface area contributed by atoms with Crippen LogP contribution in [0.4, 0.5) is 0 Å². The van der Waals surface area contributed by atoms with Crippen molar-refractivity contribution in [2.75, 3.05) is 0 Å². The number of hydrogen-bond acceptors (Lipinski definition) is 1. The molecule has 2 heterocycles. The van der Waals surface area contributed by atoms with Crippen LogP contribution >= 0.6 is 0 Å². The molecular formula is C31H28NO+. The van der Waals surface area contributed by atoms with Gasteiger partial charge in [-0.15, -0.1) is 0 Å². The summed E-state index contributed by atoms with van der Waals surface area (Å²) in [6.07, 6.45) is 8.88. The summed E-state index contributed by atoms with van der Waals surface area (Å²) in [5.74, 6) is 2.81. The van der Waals surface area contributed by atoms with Gasteiger partial charge in [0, 0.05) is 6.07 Å². The molecule has 1 aliphatic carbocycles. The van der Waals surface area contributed by atoms with E-state index in [1.807, 2.05) is 0 Å². The Kier molecular flexibility index (Phi) is 4.08. The number of aryl methyl sites for hydroxylation is 2. The summed E-state index contributed by atoms with van der Waals surface area (Å²) in [6.45, 7) is 2.26. The minimum atomic E-state index is 0.823. The molecule has 1 fully saturated rings. The van der Waals surface area contributed by atoms with Crippen LogP contribution < -0.4 is 9.30 Å². The standard InChI is InChI=1S/C31H28NO/c1-19-28-23(12-11-22-9-5-6-10-25(22)28)18-27-29(19)31-30-24(13-14-32(31)2)16-21(17-26(30)33-27)15-20-7-3-4-8-20/h5-6,9-14,16-18,20H,3-4,7-8,15H2,1-2H3/q+1. The quantitative estimate of drug-likeness (QED) is 0.202.